The van der Waals surface area contributed by atoms with Crippen molar-refractivity contribution in [3.8, 4) is 16.5 Å². The predicted molar refractivity (Wildman–Crippen MR) is 116 cm³/mol. The molecule has 1 saturated heterocycles. The van der Waals surface area contributed by atoms with E-state index in [0.717, 1.165) is 61.8 Å². The molecule has 3 aromatic rings. The second-order valence-corrected chi connectivity index (χ2v) is 8.32. The molecular formula is C22H26N4O3S. The van der Waals surface area contributed by atoms with Crippen LogP contribution in [0.25, 0.3) is 10.7 Å². The molecule has 1 aromatic carbocycles. The highest BCUT2D eigenvalue weighted by Gasteiger charge is 2.21. The number of hydrogen-bond acceptors (Lipinski definition) is 7. The number of nitrogens with zero attached hydrogens (tertiary/aromatic N) is 4. The van der Waals surface area contributed by atoms with Gasteiger partial charge in [-0.3, -0.25) is 9.69 Å². The molecule has 0 bridgehead atoms. The van der Waals surface area contributed by atoms with E-state index >= 15 is 0 Å². The molecular weight excluding hydrogens is 400 g/mol. The first kappa shape index (κ1) is 20.6. The van der Waals surface area contributed by atoms with Crippen LogP contribution < -0.4 is 4.74 Å². The fourth-order valence-electron chi connectivity index (χ4n) is 3.49. The maximum Gasteiger partial charge on any atom is 0.260 e. The van der Waals surface area contributed by atoms with Crippen LogP contribution in [0.2, 0.25) is 0 Å². The largest absolute Gasteiger partial charge is 0.484 e. The lowest BCUT2D eigenvalue weighted by Crippen LogP contribution is -2.50. The van der Waals surface area contributed by atoms with Gasteiger partial charge in [0.05, 0.1) is 4.88 Å². The number of amides is 1. The Bertz CT molecular complexity index is 949. The monoisotopic (exact) mass is 426 g/mol. The lowest BCUT2D eigenvalue weighted by atomic mass is 10.2. The highest BCUT2D eigenvalue weighted by atomic mass is 32.1. The number of benzene rings is 1. The van der Waals surface area contributed by atoms with Crippen LogP contribution >= 0.6 is 11.3 Å². The van der Waals surface area contributed by atoms with E-state index < -0.39 is 0 Å². The van der Waals surface area contributed by atoms with E-state index in [1.165, 1.54) is 0 Å². The standard InChI is InChI=1S/C22H26N4O3S/c1-17-6-2-3-7-18(17)28-16-21(27)26-13-11-25(12-14-26)10-4-9-20-23-22(24-29-20)19-8-5-15-30-19/h2-3,5-8,15H,4,9-14,16H2,1H3. The Labute approximate surface area is 180 Å². The molecule has 0 unspecified atom stereocenters. The van der Waals surface area contributed by atoms with Gasteiger partial charge in [-0.2, -0.15) is 4.98 Å². The normalized spacial score (nSPS) is 14.8. The average molecular weight is 427 g/mol. The first-order valence-electron chi connectivity index (χ1n) is 10.2. The zero-order valence-corrected chi connectivity index (χ0v) is 17.9. The van der Waals surface area contributed by atoms with Crippen LogP contribution in [0.4, 0.5) is 0 Å². The Morgan fingerprint density at radius 2 is 2.00 bits per heavy atom. The van der Waals surface area contributed by atoms with Crippen molar-refractivity contribution >= 4 is 17.2 Å². The molecule has 1 aliphatic rings. The smallest absolute Gasteiger partial charge is 0.260 e. The first-order chi connectivity index (χ1) is 14.7. The molecule has 1 aliphatic heterocycles. The Balaban J connectivity index is 1.15. The average Bonchev–Trinajstić information content (AvgIpc) is 3.45. The van der Waals surface area contributed by atoms with Crippen molar-refractivity contribution in [1.29, 1.82) is 0 Å². The Morgan fingerprint density at radius 1 is 1.17 bits per heavy atom. The van der Waals surface area contributed by atoms with Crippen molar-refractivity contribution in [2.75, 3.05) is 39.3 Å². The highest BCUT2D eigenvalue weighted by Crippen LogP contribution is 2.21. The van der Waals surface area contributed by atoms with E-state index in [1.807, 2.05) is 53.6 Å². The molecule has 0 radical (unpaired) electrons. The van der Waals surface area contributed by atoms with Crippen LogP contribution in [0.1, 0.15) is 17.9 Å². The molecule has 8 heteroatoms. The summed E-state index contributed by atoms with van der Waals surface area (Å²) in [4.78, 5) is 22.2. The van der Waals surface area contributed by atoms with E-state index in [0.29, 0.717) is 11.7 Å². The molecule has 2 aromatic heterocycles. The predicted octanol–water partition coefficient (Wildman–Crippen LogP) is 3.26. The summed E-state index contributed by atoms with van der Waals surface area (Å²) >= 11 is 1.61. The zero-order chi connectivity index (χ0) is 20.8. The van der Waals surface area contributed by atoms with Gasteiger partial charge in [0.25, 0.3) is 5.91 Å². The van der Waals surface area contributed by atoms with Crippen LogP contribution in [-0.4, -0.2) is 65.2 Å². The lowest BCUT2D eigenvalue weighted by molar-refractivity contribution is -0.135. The van der Waals surface area contributed by atoms with Crippen LogP contribution in [0.15, 0.2) is 46.3 Å². The number of carbonyl (C=O) groups is 1. The van der Waals surface area contributed by atoms with E-state index in [-0.39, 0.29) is 12.5 Å². The summed E-state index contributed by atoms with van der Waals surface area (Å²) in [7, 11) is 0. The molecule has 1 fully saturated rings. The molecule has 1 amide bonds. The number of carbonyl (C=O) groups excluding carboxylic acids is 1. The zero-order valence-electron chi connectivity index (χ0n) is 17.1. The van der Waals surface area contributed by atoms with Crippen molar-refractivity contribution in [3.63, 3.8) is 0 Å². The minimum atomic E-state index is 0.0462. The fourth-order valence-corrected chi connectivity index (χ4v) is 4.14. The third-order valence-electron chi connectivity index (χ3n) is 5.24. The molecule has 158 valence electrons. The maximum absolute atomic E-state index is 12.4. The lowest BCUT2D eigenvalue weighted by Gasteiger charge is -2.34. The summed E-state index contributed by atoms with van der Waals surface area (Å²) in [5.74, 6) is 2.17. The van der Waals surface area contributed by atoms with Gasteiger partial charge < -0.3 is 14.2 Å². The van der Waals surface area contributed by atoms with Gasteiger partial charge >= 0.3 is 0 Å². The summed E-state index contributed by atoms with van der Waals surface area (Å²) in [6.07, 6.45) is 1.72. The fraction of sp³-hybridized carbons (Fsp3) is 0.409. The minimum Gasteiger partial charge on any atom is -0.484 e. The Hall–Kier alpha value is -2.71. The van der Waals surface area contributed by atoms with Gasteiger partial charge in [0.15, 0.2) is 6.61 Å². The minimum absolute atomic E-state index is 0.0462. The molecule has 4 rings (SSSR count). The van der Waals surface area contributed by atoms with Crippen molar-refractivity contribution < 1.29 is 14.1 Å². The molecule has 0 atom stereocenters. The second kappa shape index (κ2) is 9.86. The molecule has 3 heterocycles. The number of thiophene rings is 1. The van der Waals surface area contributed by atoms with E-state index in [4.69, 9.17) is 9.26 Å². The molecule has 0 spiro atoms. The quantitative estimate of drug-likeness (QED) is 0.551. The van der Waals surface area contributed by atoms with Crippen molar-refractivity contribution in [2.45, 2.75) is 19.8 Å². The second-order valence-electron chi connectivity index (χ2n) is 7.37. The Morgan fingerprint density at radius 3 is 2.77 bits per heavy atom. The van der Waals surface area contributed by atoms with Crippen LogP contribution in [-0.2, 0) is 11.2 Å². The molecule has 30 heavy (non-hydrogen) atoms. The maximum atomic E-state index is 12.4. The van der Waals surface area contributed by atoms with Gasteiger partial charge in [-0.15, -0.1) is 11.3 Å². The van der Waals surface area contributed by atoms with Crippen molar-refractivity contribution in [3.05, 3.63) is 53.2 Å². The van der Waals surface area contributed by atoms with E-state index in [2.05, 4.69) is 15.0 Å². The number of ether oxygens (including phenoxy) is 1. The molecule has 0 aliphatic carbocycles. The van der Waals surface area contributed by atoms with Crippen molar-refractivity contribution in [2.24, 2.45) is 0 Å². The molecule has 0 N–H and O–H groups in total. The number of rotatable bonds is 8. The number of aromatic nitrogens is 2. The van der Waals surface area contributed by atoms with Gasteiger partial charge in [0.2, 0.25) is 11.7 Å². The number of para-hydroxylation sites is 1. The topological polar surface area (TPSA) is 71.7 Å². The summed E-state index contributed by atoms with van der Waals surface area (Å²) < 4.78 is 11.1. The van der Waals surface area contributed by atoms with Gasteiger partial charge in [-0.1, -0.05) is 29.4 Å². The van der Waals surface area contributed by atoms with Gasteiger partial charge in [0.1, 0.15) is 5.75 Å². The van der Waals surface area contributed by atoms with Crippen LogP contribution in [0, 0.1) is 6.92 Å². The summed E-state index contributed by atoms with van der Waals surface area (Å²) in [5.41, 5.74) is 1.04. The number of hydrogen-bond donors (Lipinski definition) is 0. The van der Waals surface area contributed by atoms with E-state index in [1.54, 1.807) is 11.3 Å². The van der Waals surface area contributed by atoms with Gasteiger partial charge in [-0.05, 0) is 43.0 Å². The highest BCUT2D eigenvalue weighted by molar-refractivity contribution is 7.13. The third-order valence-corrected chi connectivity index (χ3v) is 6.11. The van der Waals surface area contributed by atoms with Crippen LogP contribution in [0.5, 0.6) is 5.75 Å². The van der Waals surface area contributed by atoms with Crippen molar-refractivity contribution in [1.82, 2.24) is 19.9 Å². The van der Waals surface area contributed by atoms with E-state index in [9.17, 15) is 4.79 Å². The first-order valence-corrected chi connectivity index (χ1v) is 11.1. The number of piperazine rings is 1. The van der Waals surface area contributed by atoms with Gasteiger partial charge in [0, 0.05) is 32.6 Å². The third kappa shape index (κ3) is 5.25. The summed E-state index contributed by atoms with van der Waals surface area (Å²) in [6, 6.07) is 11.7. The summed E-state index contributed by atoms with van der Waals surface area (Å²) in [6.45, 7) is 6.25. The molecule has 0 saturated carbocycles. The number of aryl methyl sites for hydroxylation is 2. The van der Waals surface area contributed by atoms with Gasteiger partial charge in [-0.25, -0.2) is 0 Å². The SMILES string of the molecule is Cc1ccccc1OCC(=O)N1CCN(CCCc2nc(-c3cccs3)no2)CC1. The van der Waals surface area contributed by atoms with Crippen LogP contribution in [0.3, 0.4) is 0 Å². The molecule has 7 nitrogen and oxygen atoms in total. The summed E-state index contributed by atoms with van der Waals surface area (Å²) in [5, 5.41) is 6.06. The Kier molecular flexibility index (Phi) is 6.76.